The molecule has 0 rings (SSSR count). The largest absolute Gasteiger partial charge is 0.453 e. The zero-order chi connectivity index (χ0) is 4.83. The van der Waals surface area contributed by atoms with Gasteiger partial charge >= 0.3 is 7.69 Å². The third-order valence-corrected chi connectivity index (χ3v) is 0.311. The maximum atomic E-state index is 7.91. The highest BCUT2D eigenvalue weighted by molar-refractivity contribution is 6.15. The molecule has 0 radical (unpaired) electrons. The van der Waals surface area contributed by atoms with Crippen LogP contribution in [-0.2, 0) is 4.76 Å². The Labute approximate surface area is 37.6 Å². The smallest absolute Gasteiger partial charge is 0.429 e. The second-order valence-electron chi connectivity index (χ2n) is 0.771. The molecule has 4 heteroatoms. The zero-order valence-electron chi connectivity index (χ0n) is 3.77. The van der Waals surface area contributed by atoms with Gasteiger partial charge in [0.15, 0.2) is 0 Å². The summed E-state index contributed by atoms with van der Waals surface area (Å²) in [6.45, 7) is 2.61. The van der Waals surface area contributed by atoms with Crippen LogP contribution in [0.3, 0.4) is 0 Å². The maximum absolute atomic E-state index is 7.91. The molecule has 0 bridgehead atoms. The van der Waals surface area contributed by atoms with Gasteiger partial charge in [-0.3, -0.25) is 0 Å². The van der Waals surface area contributed by atoms with Crippen LogP contribution in [0, 0.1) is 0 Å². The van der Waals surface area contributed by atoms with Crippen molar-refractivity contribution in [1.29, 1.82) is 0 Å². The first-order chi connectivity index (χ1) is 2.91. The van der Waals surface area contributed by atoms with Crippen LogP contribution >= 0.6 is 0 Å². The predicted octanol–water partition coefficient (Wildman–Crippen LogP) is -1.21. The van der Waals surface area contributed by atoms with E-state index in [1.807, 2.05) is 6.92 Å². The average Bonchev–Trinajstić information content (AvgIpc) is 1.61. The Morgan fingerprint density at radius 2 is 2.67 bits per heavy atom. The molecule has 0 amide bonds. The molecule has 0 saturated carbocycles. The van der Waals surface area contributed by atoms with Gasteiger partial charge in [0.1, 0.15) is 0 Å². The fourth-order valence-corrected chi connectivity index (χ4v) is 0.148. The molecule has 3 nitrogen and oxygen atoms in total. The van der Waals surface area contributed by atoms with Crippen LogP contribution in [-0.4, -0.2) is 19.3 Å². The van der Waals surface area contributed by atoms with E-state index in [0.717, 1.165) is 6.54 Å². The molecule has 0 atom stereocenters. The molecule has 0 fully saturated rings. The summed E-state index contributed by atoms with van der Waals surface area (Å²) in [4.78, 5) is 0. The van der Waals surface area contributed by atoms with Gasteiger partial charge in [-0.1, -0.05) is 6.92 Å². The second-order valence-corrected chi connectivity index (χ2v) is 0.771. The first-order valence-corrected chi connectivity index (χ1v) is 1.87. The first kappa shape index (κ1) is 5.94. The normalized spacial score (nSPS) is 8.33. The molecule has 0 aliphatic heterocycles. The first-order valence-electron chi connectivity index (χ1n) is 1.87. The van der Waals surface area contributed by atoms with Crippen molar-refractivity contribution < 1.29 is 9.78 Å². The van der Waals surface area contributed by atoms with E-state index < -0.39 is 0 Å². The third kappa shape index (κ3) is 3.94. The lowest BCUT2D eigenvalue weighted by Crippen LogP contribution is -2.15. The Balaban J connectivity index is 2.34. The Hall–Kier alpha value is -0.0551. The molecule has 0 saturated heterocycles. The number of rotatable bonds is 3. The van der Waals surface area contributed by atoms with Gasteiger partial charge in [-0.2, -0.15) is 0 Å². The molecule has 6 heavy (non-hydrogen) atoms. The van der Waals surface area contributed by atoms with E-state index in [-0.39, 0.29) is 7.69 Å². The molecule has 2 N–H and O–H groups in total. The molecule has 0 aliphatic carbocycles. The van der Waals surface area contributed by atoms with Crippen LogP contribution in [0.4, 0.5) is 0 Å². The molecular weight excluding hydrogens is 80.8 g/mol. The average molecular weight is 88.9 g/mol. The zero-order valence-corrected chi connectivity index (χ0v) is 3.77. The van der Waals surface area contributed by atoms with Crippen molar-refractivity contribution in [2.75, 3.05) is 6.54 Å². The van der Waals surface area contributed by atoms with Crippen molar-refractivity contribution in [2.24, 2.45) is 0 Å². The van der Waals surface area contributed by atoms with Crippen molar-refractivity contribution in [3.8, 4) is 0 Å². The standard InChI is InChI=1S/C2H8BNO2/c1-2-4-6-3-5/h3-5H,2H2,1H3. The van der Waals surface area contributed by atoms with E-state index in [1.54, 1.807) is 0 Å². The quantitative estimate of drug-likeness (QED) is 0.259. The number of hydrogen-bond donors (Lipinski definition) is 2. The van der Waals surface area contributed by atoms with Crippen LogP contribution in [0.25, 0.3) is 0 Å². The minimum absolute atomic E-state index is 0.256. The predicted molar refractivity (Wildman–Crippen MR) is 24.1 cm³/mol. The van der Waals surface area contributed by atoms with Gasteiger partial charge in [0.05, 0.1) is 0 Å². The fraction of sp³-hybridized carbons (Fsp3) is 1.00. The van der Waals surface area contributed by atoms with Crippen LogP contribution in [0.5, 0.6) is 0 Å². The monoisotopic (exact) mass is 89.1 g/mol. The van der Waals surface area contributed by atoms with Crippen LogP contribution < -0.4 is 5.48 Å². The van der Waals surface area contributed by atoms with Crippen molar-refractivity contribution in [3.63, 3.8) is 0 Å². The lowest BCUT2D eigenvalue weighted by atomic mass is 10.4. The molecular formula is C2H8BNO2. The minimum Gasteiger partial charge on any atom is -0.429 e. The summed E-state index contributed by atoms with van der Waals surface area (Å²) >= 11 is 0. The van der Waals surface area contributed by atoms with Gasteiger partial charge in [-0.25, -0.2) is 5.48 Å². The van der Waals surface area contributed by atoms with Crippen molar-refractivity contribution >= 4 is 7.69 Å². The summed E-state index contributed by atoms with van der Waals surface area (Å²) in [5.74, 6) is 0. The van der Waals surface area contributed by atoms with E-state index in [0.29, 0.717) is 0 Å². The van der Waals surface area contributed by atoms with Gasteiger partial charge in [-0.05, 0) is 0 Å². The molecule has 0 aromatic rings. The summed E-state index contributed by atoms with van der Waals surface area (Å²) in [6, 6.07) is 0. The van der Waals surface area contributed by atoms with Crippen LogP contribution in [0.2, 0.25) is 0 Å². The molecule has 0 spiro atoms. The van der Waals surface area contributed by atoms with Crippen LogP contribution in [0.15, 0.2) is 0 Å². The third-order valence-electron chi connectivity index (χ3n) is 0.311. The Kier molecular flexibility index (Phi) is 4.90. The molecule has 0 aliphatic rings. The number of hydrogen-bond acceptors (Lipinski definition) is 3. The summed E-state index contributed by atoms with van der Waals surface area (Å²) in [6.07, 6.45) is 0. The van der Waals surface area contributed by atoms with Crippen molar-refractivity contribution in [1.82, 2.24) is 5.48 Å². The maximum Gasteiger partial charge on any atom is 0.453 e. The molecule has 0 aromatic carbocycles. The fourth-order valence-electron chi connectivity index (χ4n) is 0.148. The highest BCUT2D eigenvalue weighted by Crippen LogP contribution is 1.51. The summed E-state index contributed by atoms with van der Waals surface area (Å²) in [7, 11) is -0.256. The van der Waals surface area contributed by atoms with Gasteiger partial charge in [0.2, 0.25) is 0 Å². The lowest BCUT2D eigenvalue weighted by molar-refractivity contribution is 0.181. The SMILES string of the molecule is CCNOBO. The Morgan fingerprint density at radius 1 is 2.00 bits per heavy atom. The number of nitrogens with one attached hydrogen (secondary N) is 1. The molecule has 0 heterocycles. The van der Waals surface area contributed by atoms with E-state index >= 15 is 0 Å². The summed E-state index contributed by atoms with van der Waals surface area (Å²) < 4.78 is 4.29. The minimum atomic E-state index is -0.256. The highest BCUT2D eigenvalue weighted by Gasteiger charge is 1.75. The molecule has 0 aromatic heterocycles. The van der Waals surface area contributed by atoms with Gasteiger partial charge < -0.3 is 9.78 Å². The van der Waals surface area contributed by atoms with Crippen molar-refractivity contribution in [2.45, 2.75) is 6.92 Å². The Bertz CT molecular complexity index is 23.5. The van der Waals surface area contributed by atoms with E-state index in [9.17, 15) is 0 Å². The van der Waals surface area contributed by atoms with E-state index in [4.69, 9.17) is 5.02 Å². The van der Waals surface area contributed by atoms with E-state index in [2.05, 4.69) is 10.2 Å². The highest BCUT2D eigenvalue weighted by atomic mass is 16.6. The van der Waals surface area contributed by atoms with Gasteiger partial charge in [0.25, 0.3) is 0 Å². The molecule has 0 unspecified atom stereocenters. The summed E-state index contributed by atoms with van der Waals surface area (Å²) in [5.41, 5.74) is 2.45. The second kappa shape index (κ2) is 4.94. The number of hydroxylamine groups is 1. The lowest BCUT2D eigenvalue weighted by Gasteiger charge is -1.92. The Morgan fingerprint density at radius 3 is 2.83 bits per heavy atom. The molecule has 36 valence electrons. The topological polar surface area (TPSA) is 41.5 Å². The van der Waals surface area contributed by atoms with E-state index in [1.165, 1.54) is 0 Å². The van der Waals surface area contributed by atoms with Gasteiger partial charge in [-0.15, -0.1) is 0 Å². The summed E-state index contributed by atoms with van der Waals surface area (Å²) in [5, 5.41) is 7.91. The van der Waals surface area contributed by atoms with Crippen molar-refractivity contribution in [3.05, 3.63) is 0 Å². The van der Waals surface area contributed by atoms with Crippen LogP contribution in [0.1, 0.15) is 6.92 Å². The van der Waals surface area contributed by atoms with Gasteiger partial charge in [0, 0.05) is 6.54 Å².